The zero-order chi connectivity index (χ0) is 21.5. The highest BCUT2D eigenvalue weighted by atomic mass is 32.1. The maximum atomic E-state index is 3.72. The fourth-order valence-electron chi connectivity index (χ4n) is 5.53. The number of nitrogens with one attached hydrogen (secondary N) is 1. The largest absolute Gasteiger partial charge is 0.354 e. The van der Waals surface area contributed by atoms with Crippen molar-refractivity contribution < 1.29 is 0 Å². The van der Waals surface area contributed by atoms with Crippen LogP contribution < -0.4 is 0 Å². The molecule has 8 rings (SSSR count). The molecule has 0 bridgehead atoms. The lowest BCUT2D eigenvalue weighted by Gasteiger charge is -2.08. The normalized spacial score (nSPS) is 12.2. The molecule has 0 unspecified atom stereocenters. The molecule has 8 aromatic rings. The molecule has 0 atom stereocenters. The van der Waals surface area contributed by atoms with Crippen LogP contribution in [0.25, 0.3) is 69.5 Å². The topological polar surface area (TPSA) is 20.7 Å². The van der Waals surface area contributed by atoms with Gasteiger partial charge in [0.05, 0.1) is 21.3 Å². The van der Waals surface area contributed by atoms with Crippen molar-refractivity contribution in [1.82, 2.24) is 9.55 Å². The molecule has 3 aromatic heterocycles. The summed E-state index contributed by atoms with van der Waals surface area (Å²) in [6, 6.07) is 37.3. The second kappa shape index (κ2) is 6.25. The third-order valence-electron chi connectivity index (χ3n) is 6.93. The van der Waals surface area contributed by atoms with E-state index in [0.717, 1.165) is 0 Å². The van der Waals surface area contributed by atoms with Crippen LogP contribution >= 0.6 is 11.3 Å². The minimum atomic E-state index is 1.19. The standard InChI is InChI=1S/C30H18N2S/c1-2-8-18(9-3-1)32-25-13-7-5-11-20(25)22-14-15-23-27-26(33-30(23)29(22)32)17-16-21-19-10-4-6-12-24(19)31-28(21)27/h1-17,31H. The Hall–Kier alpha value is -4.08. The Morgan fingerprint density at radius 2 is 1.30 bits per heavy atom. The van der Waals surface area contributed by atoms with Gasteiger partial charge in [0, 0.05) is 48.2 Å². The van der Waals surface area contributed by atoms with Gasteiger partial charge in [-0.2, -0.15) is 0 Å². The molecule has 3 heterocycles. The molecule has 0 amide bonds. The van der Waals surface area contributed by atoms with E-state index in [1.807, 2.05) is 11.3 Å². The molecule has 0 radical (unpaired) electrons. The van der Waals surface area contributed by atoms with Crippen LogP contribution in [0.1, 0.15) is 0 Å². The highest BCUT2D eigenvalue weighted by molar-refractivity contribution is 7.26. The number of aromatic nitrogens is 2. The third-order valence-corrected chi connectivity index (χ3v) is 8.11. The molecule has 33 heavy (non-hydrogen) atoms. The van der Waals surface area contributed by atoms with Crippen molar-refractivity contribution in [3.05, 3.63) is 103 Å². The van der Waals surface area contributed by atoms with E-state index < -0.39 is 0 Å². The van der Waals surface area contributed by atoms with E-state index in [4.69, 9.17) is 0 Å². The van der Waals surface area contributed by atoms with Crippen molar-refractivity contribution in [2.45, 2.75) is 0 Å². The molecule has 2 nitrogen and oxygen atoms in total. The van der Waals surface area contributed by atoms with Crippen LogP contribution in [-0.2, 0) is 0 Å². The Bertz CT molecular complexity index is 2020. The summed E-state index contributed by atoms with van der Waals surface area (Å²) in [6.07, 6.45) is 0. The smallest absolute Gasteiger partial charge is 0.0719 e. The average Bonchev–Trinajstić information content (AvgIpc) is 3.53. The summed E-state index contributed by atoms with van der Waals surface area (Å²) in [4.78, 5) is 3.72. The number of fused-ring (bicyclic) bond motifs is 11. The molecule has 154 valence electrons. The number of H-pyrrole nitrogens is 1. The molecule has 1 N–H and O–H groups in total. The number of benzene rings is 5. The van der Waals surface area contributed by atoms with Crippen LogP contribution in [0.5, 0.6) is 0 Å². The van der Waals surface area contributed by atoms with Crippen molar-refractivity contribution >= 4 is 75.1 Å². The lowest BCUT2D eigenvalue weighted by molar-refractivity contribution is 1.19. The molecular weight excluding hydrogens is 420 g/mol. The van der Waals surface area contributed by atoms with Crippen molar-refractivity contribution in [3.63, 3.8) is 0 Å². The summed E-state index contributed by atoms with van der Waals surface area (Å²) >= 11 is 1.90. The van der Waals surface area contributed by atoms with E-state index in [1.165, 1.54) is 69.5 Å². The summed E-state index contributed by atoms with van der Waals surface area (Å²) in [5, 5.41) is 7.83. The molecule has 3 heteroatoms. The zero-order valence-electron chi connectivity index (χ0n) is 17.7. The first-order chi connectivity index (χ1) is 16.4. The number of aromatic amines is 1. The van der Waals surface area contributed by atoms with E-state index in [0.29, 0.717) is 0 Å². The molecular formula is C30H18N2S. The molecule has 0 aliphatic carbocycles. The summed E-state index contributed by atoms with van der Waals surface area (Å²) < 4.78 is 5.10. The average molecular weight is 439 g/mol. The number of thiophene rings is 1. The lowest BCUT2D eigenvalue weighted by atomic mass is 10.1. The zero-order valence-corrected chi connectivity index (χ0v) is 18.5. The minimum Gasteiger partial charge on any atom is -0.354 e. The highest BCUT2D eigenvalue weighted by Crippen LogP contribution is 2.45. The fraction of sp³-hybridized carbons (Fsp3) is 0. The van der Waals surface area contributed by atoms with Crippen molar-refractivity contribution in [2.75, 3.05) is 0 Å². The maximum Gasteiger partial charge on any atom is 0.0719 e. The minimum absolute atomic E-state index is 1.19. The van der Waals surface area contributed by atoms with E-state index in [-0.39, 0.29) is 0 Å². The first-order valence-corrected chi connectivity index (χ1v) is 12.0. The summed E-state index contributed by atoms with van der Waals surface area (Å²) in [5.41, 5.74) is 6.18. The van der Waals surface area contributed by atoms with Gasteiger partial charge in [-0.3, -0.25) is 0 Å². The van der Waals surface area contributed by atoms with Crippen LogP contribution in [0.3, 0.4) is 0 Å². The summed E-state index contributed by atoms with van der Waals surface area (Å²) in [5.74, 6) is 0. The second-order valence-electron chi connectivity index (χ2n) is 8.66. The Morgan fingerprint density at radius 3 is 2.21 bits per heavy atom. The van der Waals surface area contributed by atoms with Crippen molar-refractivity contribution in [3.8, 4) is 5.69 Å². The number of rotatable bonds is 1. The number of nitrogens with zero attached hydrogens (tertiary/aromatic N) is 1. The van der Waals surface area contributed by atoms with Gasteiger partial charge in [-0.1, -0.05) is 72.8 Å². The van der Waals surface area contributed by atoms with Crippen LogP contribution in [0.2, 0.25) is 0 Å². The quantitative estimate of drug-likeness (QED) is 0.264. The predicted octanol–water partition coefficient (Wildman–Crippen LogP) is 8.79. The van der Waals surface area contributed by atoms with E-state index in [1.54, 1.807) is 0 Å². The Morgan fingerprint density at radius 1 is 0.576 bits per heavy atom. The van der Waals surface area contributed by atoms with Gasteiger partial charge in [-0.25, -0.2) is 0 Å². The lowest BCUT2D eigenvalue weighted by Crippen LogP contribution is -1.92. The molecule has 0 saturated carbocycles. The van der Waals surface area contributed by atoms with Gasteiger partial charge >= 0.3 is 0 Å². The Balaban J connectivity index is 1.62. The first kappa shape index (κ1) is 17.5. The van der Waals surface area contributed by atoms with E-state index >= 15 is 0 Å². The highest BCUT2D eigenvalue weighted by Gasteiger charge is 2.19. The molecule has 0 aliphatic heterocycles. The fourth-order valence-corrected chi connectivity index (χ4v) is 6.78. The van der Waals surface area contributed by atoms with Crippen LogP contribution in [0, 0.1) is 0 Å². The van der Waals surface area contributed by atoms with Crippen molar-refractivity contribution in [2.24, 2.45) is 0 Å². The molecule has 0 aliphatic rings. The van der Waals surface area contributed by atoms with Crippen molar-refractivity contribution in [1.29, 1.82) is 0 Å². The van der Waals surface area contributed by atoms with Gasteiger partial charge in [0.15, 0.2) is 0 Å². The molecule has 0 spiro atoms. The molecule has 0 fully saturated rings. The number of hydrogen-bond acceptors (Lipinski definition) is 1. The van der Waals surface area contributed by atoms with E-state index in [9.17, 15) is 0 Å². The van der Waals surface area contributed by atoms with E-state index in [2.05, 4.69) is 113 Å². The summed E-state index contributed by atoms with van der Waals surface area (Å²) in [7, 11) is 0. The monoisotopic (exact) mass is 438 g/mol. The third kappa shape index (κ3) is 2.22. The van der Waals surface area contributed by atoms with Gasteiger partial charge in [0.2, 0.25) is 0 Å². The number of hydrogen-bond donors (Lipinski definition) is 1. The predicted molar refractivity (Wildman–Crippen MR) is 143 cm³/mol. The first-order valence-electron chi connectivity index (χ1n) is 11.2. The van der Waals surface area contributed by atoms with Gasteiger partial charge in [-0.05, 0) is 30.3 Å². The van der Waals surface area contributed by atoms with Gasteiger partial charge in [0.1, 0.15) is 0 Å². The SMILES string of the molecule is c1ccc(-n2c3ccccc3c3ccc4c(sc5ccc6c7ccccc7[nH]c6c54)c32)cc1. The van der Waals surface area contributed by atoms with Crippen LogP contribution in [0.15, 0.2) is 103 Å². The Labute approximate surface area is 193 Å². The summed E-state index contributed by atoms with van der Waals surface area (Å²) in [6.45, 7) is 0. The number of para-hydroxylation sites is 3. The van der Waals surface area contributed by atoms with Gasteiger partial charge in [-0.15, -0.1) is 11.3 Å². The second-order valence-corrected chi connectivity index (χ2v) is 9.71. The van der Waals surface area contributed by atoms with Gasteiger partial charge < -0.3 is 9.55 Å². The van der Waals surface area contributed by atoms with Crippen LogP contribution in [-0.4, -0.2) is 9.55 Å². The van der Waals surface area contributed by atoms with Gasteiger partial charge in [0.25, 0.3) is 0 Å². The Kier molecular flexibility index (Phi) is 3.31. The van der Waals surface area contributed by atoms with Crippen LogP contribution in [0.4, 0.5) is 0 Å². The molecule has 5 aromatic carbocycles. The molecule has 0 saturated heterocycles. The maximum absolute atomic E-state index is 3.72.